The molecule has 0 aliphatic carbocycles. The molecule has 0 bridgehead atoms. The van der Waals surface area contributed by atoms with Gasteiger partial charge in [0.1, 0.15) is 5.60 Å². The third-order valence-corrected chi connectivity index (χ3v) is 2.44. The van der Waals surface area contributed by atoms with Crippen molar-refractivity contribution < 1.29 is 14.3 Å². The van der Waals surface area contributed by atoms with Crippen molar-refractivity contribution >= 4 is 23.4 Å². The van der Waals surface area contributed by atoms with E-state index in [9.17, 15) is 9.59 Å². The zero-order chi connectivity index (χ0) is 16.0. The Morgan fingerprint density at radius 2 is 1.90 bits per heavy atom. The zero-order valence-electron chi connectivity index (χ0n) is 12.5. The number of hydrogen-bond acceptors (Lipinski definition) is 5. The largest absolute Gasteiger partial charge is 0.444 e. The molecule has 116 valence electrons. The van der Waals surface area contributed by atoms with E-state index in [2.05, 4.69) is 10.6 Å². The Morgan fingerprint density at radius 1 is 1.24 bits per heavy atom. The van der Waals surface area contributed by atoms with E-state index in [1.54, 1.807) is 32.9 Å². The lowest BCUT2D eigenvalue weighted by molar-refractivity contribution is 0.0530. The molecule has 1 rings (SSSR count). The van der Waals surface area contributed by atoms with Crippen LogP contribution >= 0.6 is 0 Å². The standard InChI is InChI=1S/C14H22N4O3/c1-14(2,3)21-13(20)18-7-6-17-11-5-4-9(12(16)19)8-10(11)15/h4-5,8,17H,6-7,15H2,1-3H3,(H2,16,19)(H,18,20). The lowest BCUT2D eigenvalue weighted by Crippen LogP contribution is -2.35. The Kier molecular flexibility index (Phi) is 5.40. The van der Waals surface area contributed by atoms with Crippen LogP contribution in [0.2, 0.25) is 0 Å². The lowest BCUT2D eigenvalue weighted by Gasteiger charge is -2.19. The number of nitrogens with one attached hydrogen (secondary N) is 2. The average molecular weight is 294 g/mol. The molecule has 0 aliphatic rings. The maximum atomic E-state index is 11.4. The van der Waals surface area contributed by atoms with E-state index in [1.807, 2.05) is 0 Å². The molecule has 7 heteroatoms. The van der Waals surface area contributed by atoms with Gasteiger partial charge in [-0.25, -0.2) is 4.79 Å². The SMILES string of the molecule is CC(C)(C)OC(=O)NCCNc1ccc(C(N)=O)cc1N. The van der Waals surface area contributed by atoms with E-state index < -0.39 is 17.6 Å². The van der Waals surface area contributed by atoms with Crippen LogP contribution in [0.4, 0.5) is 16.2 Å². The van der Waals surface area contributed by atoms with Crippen molar-refractivity contribution in [1.82, 2.24) is 5.32 Å². The summed E-state index contributed by atoms with van der Waals surface area (Å²) in [6.45, 7) is 6.24. The molecule has 21 heavy (non-hydrogen) atoms. The summed E-state index contributed by atoms with van der Waals surface area (Å²) in [5.74, 6) is -0.528. The molecule has 0 aliphatic heterocycles. The van der Waals surface area contributed by atoms with Gasteiger partial charge in [-0.1, -0.05) is 0 Å². The molecule has 1 aromatic rings. The highest BCUT2D eigenvalue weighted by molar-refractivity contribution is 5.94. The van der Waals surface area contributed by atoms with E-state index in [0.717, 1.165) is 0 Å². The Bertz CT molecular complexity index is 523. The van der Waals surface area contributed by atoms with Gasteiger partial charge in [0.05, 0.1) is 11.4 Å². The van der Waals surface area contributed by atoms with Gasteiger partial charge < -0.3 is 26.8 Å². The molecule has 0 atom stereocenters. The van der Waals surface area contributed by atoms with Crippen molar-refractivity contribution in [3.8, 4) is 0 Å². The molecule has 0 saturated heterocycles. The number of carbonyl (C=O) groups is 2. The fraction of sp³-hybridized carbons (Fsp3) is 0.429. The van der Waals surface area contributed by atoms with E-state index in [4.69, 9.17) is 16.2 Å². The molecule has 0 fully saturated rings. The number of anilines is 2. The van der Waals surface area contributed by atoms with Gasteiger partial charge in [0, 0.05) is 18.7 Å². The Labute approximate surface area is 124 Å². The quantitative estimate of drug-likeness (QED) is 0.482. The maximum Gasteiger partial charge on any atom is 0.407 e. The summed E-state index contributed by atoms with van der Waals surface area (Å²) in [5, 5.41) is 5.67. The van der Waals surface area contributed by atoms with Gasteiger partial charge in [-0.05, 0) is 39.0 Å². The number of primary amides is 1. The minimum absolute atomic E-state index is 0.352. The maximum absolute atomic E-state index is 11.4. The first-order valence-corrected chi connectivity index (χ1v) is 6.59. The van der Waals surface area contributed by atoms with Gasteiger partial charge >= 0.3 is 6.09 Å². The number of rotatable bonds is 5. The summed E-state index contributed by atoms with van der Waals surface area (Å²) < 4.78 is 5.10. The first-order valence-electron chi connectivity index (χ1n) is 6.59. The van der Waals surface area contributed by atoms with Crippen molar-refractivity contribution in [2.75, 3.05) is 24.1 Å². The second kappa shape index (κ2) is 6.83. The molecule has 0 saturated carbocycles. The fourth-order valence-electron chi connectivity index (χ4n) is 1.55. The molecule has 0 heterocycles. The van der Waals surface area contributed by atoms with Crippen LogP contribution in [0.5, 0.6) is 0 Å². The second-order valence-electron chi connectivity index (χ2n) is 5.52. The molecule has 1 aromatic carbocycles. The molecular formula is C14H22N4O3. The first kappa shape index (κ1) is 16.6. The zero-order valence-corrected chi connectivity index (χ0v) is 12.5. The van der Waals surface area contributed by atoms with Crippen LogP contribution in [0.25, 0.3) is 0 Å². The summed E-state index contributed by atoms with van der Waals surface area (Å²) in [7, 11) is 0. The summed E-state index contributed by atoms with van der Waals surface area (Å²) >= 11 is 0. The van der Waals surface area contributed by atoms with Crippen LogP contribution in [0.3, 0.4) is 0 Å². The number of carbonyl (C=O) groups excluding carboxylic acids is 2. The second-order valence-corrected chi connectivity index (χ2v) is 5.52. The molecule has 6 N–H and O–H groups in total. The van der Waals surface area contributed by atoms with Gasteiger partial charge in [-0.2, -0.15) is 0 Å². The summed E-state index contributed by atoms with van der Waals surface area (Å²) in [6, 6.07) is 4.76. The van der Waals surface area contributed by atoms with Crippen LogP contribution in [0.1, 0.15) is 31.1 Å². The first-order chi connectivity index (χ1) is 9.69. The molecular weight excluding hydrogens is 272 g/mol. The van der Waals surface area contributed by atoms with Crippen molar-refractivity contribution in [2.24, 2.45) is 5.73 Å². The van der Waals surface area contributed by atoms with Gasteiger partial charge in [0.15, 0.2) is 0 Å². The number of hydrogen-bond donors (Lipinski definition) is 4. The third-order valence-electron chi connectivity index (χ3n) is 2.44. The smallest absolute Gasteiger partial charge is 0.407 e. The number of amides is 2. The average Bonchev–Trinajstić information content (AvgIpc) is 2.33. The van der Waals surface area contributed by atoms with Crippen LogP contribution < -0.4 is 22.1 Å². The van der Waals surface area contributed by atoms with Crippen molar-refractivity contribution in [3.63, 3.8) is 0 Å². The number of nitrogen functional groups attached to an aromatic ring is 1. The molecule has 0 aromatic heterocycles. The van der Waals surface area contributed by atoms with Crippen LogP contribution in [-0.2, 0) is 4.74 Å². The normalized spacial score (nSPS) is 10.8. The van der Waals surface area contributed by atoms with Gasteiger partial charge in [-0.15, -0.1) is 0 Å². The van der Waals surface area contributed by atoms with Crippen LogP contribution in [0, 0.1) is 0 Å². The summed E-state index contributed by atoms with van der Waals surface area (Å²) in [4.78, 5) is 22.4. The fourth-order valence-corrected chi connectivity index (χ4v) is 1.55. The molecule has 2 amide bonds. The summed E-state index contributed by atoms with van der Waals surface area (Å²) in [5.41, 5.74) is 11.9. The van der Waals surface area contributed by atoms with E-state index in [1.165, 1.54) is 6.07 Å². The highest BCUT2D eigenvalue weighted by Crippen LogP contribution is 2.19. The van der Waals surface area contributed by atoms with Crippen LogP contribution in [-0.4, -0.2) is 30.7 Å². The minimum Gasteiger partial charge on any atom is -0.444 e. The third kappa shape index (κ3) is 6.03. The van der Waals surface area contributed by atoms with E-state index >= 15 is 0 Å². The van der Waals surface area contributed by atoms with Gasteiger partial charge in [0.2, 0.25) is 5.91 Å². The van der Waals surface area contributed by atoms with E-state index in [0.29, 0.717) is 30.0 Å². The Morgan fingerprint density at radius 3 is 2.43 bits per heavy atom. The molecule has 7 nitrogen and oxygen atoms in total. The predicted molar refractivity (Wildman–Crippen MR) is 82.1 cm³/mol. The highest BCUT2D eigenvalue weighted by atomic mass is 16.6. The van der Waals surface area contributed by atoms with Crippen molar-refractivity contribution in [3.05, 3.63) is 23.8 Å². The minimum atomic E-state index is -0.528. The lowest BCUT2D eigenvalue weighted by atomic mass is 10.1. The monoisotopic (exact) mass is 294 g/mol. The number of benzene rings is 1. The Hall–Kier alpha value is -2.44. The number of nitrogens with two attached hydrogens (primary N) is 2. The molecule has 0 radical (unpaired) electrons. The predicted octanol–water partition coefficient (Wildman–Crippen LogP) is 1.30. The van der Waals surface area contributed by atoms with Gasteiger partial charge in [0.25, 0.3) is 0 Å². The number of ether oxygens (including phenoxy) is 1. The summed E-state index contributed by atoms with van der Waals surface area (Å²) in [6.07, 6.45) is -0.471. The molecule has 0 spiro atoms. The van der Waals surface area contributed by atoms with Crippen LogP contribution in [0.15, 0.2) is 18.2 Å². The number of alkyl carbamates (subject to hydrolysis) is 1. The molecule has 0 unspecified atom stereocenters. The van der Waals surface area contributed by atoms with Gasteiger partial charge in [-0.3, -0.25) is 4.79 Å². The van der Waals surface area contributed by atoms with E-state index in [-0.39, 0.29) is 0 Å². The van der Waals surface area contributed by atoms with Crippen molar-refractivity contribution in [1.29, 1.82) is 0 Å². The van der Waals surface area contributed by atoms with Crippen molar-refractivity contribution in [2.45, 2.75) is 26.4 Å². The Balaban J connectivity index is 2.40. The highest BCUT2D eigenvalue weighted by Gasteiger charge is 2.15. The topological polar surface area (TPSA) is 119 Å².